The summed E-state index contributed by atoms with van der Waals surface area (Å²) in [5.41, 5.74) is 1.48. The van der Waals surface area contributed by atoms with Gasteiger partial charge in [0.2, 0.25) is 0 Å². The summed E-state index contributed by atoms with van der Waals surface area (Å²) in [6.45, 7) is 6.14. The topological polar surface area (TPSA) is 60.4 Å². The Labute approximate surface area is 162 Å². The summed E-state index contributed by atoms with van der Waals surface area (Å²) in [6.07, 6.45) is 11.4. The molecule has 0 spiro atoms. The summed E-state index contributed by atoms with van der Waals surface area (Å²) < 4.78 is 5.50. The van der Waals surface area contributed by atoms with Crippen molar-refractivity contribution in [1.29, 1.82) is 0 Å². The summed E-state index contributed by atoms with van der Waals surface area (Å²) in [4.78, 5) is 35.2. The highest BCUT2D eigenvalue weighted by atomic mass is 16.5. The van der Waals surface area contributed by atoms with Crippen LogP contribution in [0.25, 0.3) is 0 Å². The lowest BCUT2D eigenvalue weighted by Crippen LogP contribution is -2.53. The third-order valence-electron chi connectivity index (χ3n) is 8.88. The molecule has 4 heteroatoms. The fourth-order valence-electron chi connectivity index (χ4n) is 7.43. The standard InChI is InChI=1S/C23H32O4/c1-14(26)27-18-6-8-23(3)17(11-18)10-15(12-24)21-19-5-4-16(13-25)22(19,2)9-7-20(21)23/h10,12-13,15-16,18-21H,4-9,11H2,1-3H3/t15?,16?,18-,19-,20-,21-,22+,23-/m0/s1. The molecule has 0 aliphatic heterocycles. The zero-order valence-electron chi connectivity index (χ0n) is 16.8. The highest BCUT2D eigenvalue weighted by molar-refractivity contribution is 5.66. The van der Waals surface area contributed by atoms with Crippen LogP contribution < -0.4 is 0 Å². The number of rotatable bonds is 3. The molecule has 4 rings (SSSR count). The van der Waals surface area contributed by atoms with Gasteiger partial charge in [0, 0.05) is 25.2 Å². The van der Waals surface area contributed by atoms with Gasteiger partial charge in [-0.15, -0.1) is 0 Å². The lowest BCUT2D eigenvalue weighted by molar-refractivity contribution is -0.149. The van der Waals surface area contributed by atoms with Gasteiger partial charge in [-0.3, -0.25) is 4.79 Å². The second-order valence-corrected chi connectivity index (χ2v) is 9.95. The van der Waals surface area contributed by atoms with Crippen LogP contribution in [0.1, 0.15) is 65.7 Å². The zero-order valence-corrected chi connectivity index (χ0v) is 16.8. The van der Waals surface area contributed by atoms with Crippen molar-refractivity contribution in [2.75, 3.05) is 0 Å². The van der Waals surface area contributed by atoms with E-state index in [4.69, 9.17) is 4.74 Å². The van der Waals surface area contributed by atoms with E-state index >= 15 is 0 Å². The van der Waals surface area contributed by atoms with E-state index in [0.29, 0.717) is 17.8 Å². The predicted octanol–water partition coefficient (Wildman–Crippen LogP) is 4.12. The van der Waals surface area contributed by atoms with Gasteiger partial charge in [-0.1, -0.05) is 25.5 Å². The molecule has 4 aliphatic carbocycles. The maximum atomic E-state index is 12.1. The van der Waals surface area contributed by atoms with Crippen LogP contribution in [0.4, 0.5) is 0 Å². The van der Waals surface area contributed by atoms with Crippen LogP contribution in [-0.4, -0.2) is 24.6 Å². The Kier molecular flexibility index (Phi) is 4.59. The minimum absolute atomic E-state index is 0.0505. The SMILES string of the molecule is CC(=O)O[C@H]1CC[C@@]2(C)C(=CC(C=O)[C@@H]3[C@@H]2CC[C@]2(C)C(C=O)CC[C@@H]32)C1. The number of hydrogen-bond acceptors (Lipinski definition) is 4. The van der Waals surface area contributed by atoms with Crippen molar-refractivity contribution in [2.24, 2.45) is 40.4 Å². The lowest BCUT2D eigenvalue weighted by atomic mass is 9.45. The van der Waals surface area contributed by atoms with E-state index in [0.717, 1.165) is 51.2 Å². The third kappa shape index (κ3) is 2.74. The molecule has 8 atom stereocenters. The normalized spacial score (nSPS) is 48.5. The van der Waals surface area contributed by atoms with Crippen LogP contribution in [0.3, 0.4) is 0 Å². The van der Waals surface area contributed by atoms with Crippen LogP contribution in [-0.2, 0) is 19.1 Å². The number of ether oxygens (including phenoxy) is 1. The van der Waals surface area contributed by atoms with Gasteiger partial charge in [0.15, 0.2) is 0 Å². The van der Waals surface area contributed by atoms with Gasteiger partial charge in [0.25, 0.3) is 0 Å². The van der Waals surface area contributed by atoms with Gasteiger partial charge < -0.3 is 14.3 Å². The Bertz CT molecular complexity index is 682. The first-order valence-electron chi connectivity index (χ1n) is 10.6. The fourth-order valence-corrected chi connectivity index (χ4v) is 7.43. The van der Waals surface area contributed by atoms with Crippen molar-refractivity contribution in [3.05, 3.63) is 11.6 Å². The van der Waals surface area contributed by atoms with E-state index in [-0.39, 0.29) is 34.7 Å². The quantitative estimate of drug-likeness (QED) is 0.425. The van der Waals surface area contributed by atoms with E-state index in [1.807, 2.05) is 0 Å². The molecule has 4 aliphatic rings. The van der Waals surface area contributed by atoms with Crippen molar-refractivity contribution in [3.63, 3.8) is 0 Å². The van der Waals surface area contributed by atoms with E-state index in [1.165, 1.54) is 18.8 Å². The average molecular weight is 373 g/mol. The van der Waals surface area contributed by atoms with E-state index < -0.39 is 0 Å². The highest BCUT2D eigenvalue weighted by Crippen LogP contribution is 2.66. The molecule has 0 heterocycles. The van der Waals surface area contributed by atoms with Gasteiger partial charge in [-0.25, -0.2) is 0 Å². The third-order valence-corrected chi connectivity index (χ3v) is 8.88. The van der Waals surface area contributed by atoms with Crippen LogP contribution in [0.5, 0.6) is 0 Å². The molecule has 27 heavy (non-hydrogen) atoms. The van der Waals surface area contributed by atoms with Gasteiger partial charge >= 0.3 is 5.97 Å². The van der Waals surface area contributed by atoms with Crippen molar-refractivity contribution < 1.29 is 19.1 Å². The fraction of sp³-hybridized carbons (Fsp3) is 0.783. The Hall–Kier alpha value is -1.45. The maximum absolute atomic E-state index is 12.1. The largest absolute Gasteiger partial charge is 0.462 e. The number of esters is 1. The lowest BCUT2D eigenvalue weighted by Gasteiger charge is -2.59. The molecule has 0 radical (unpaired) electrons. The number of allylic oxidation sites excluding steroid dienone is 1. The molecule has 0 N–H and O–H groups in total. The molecule has 148 valence electrons. The molecule has 0 aromatic rings. The monoisotopic (exact) mass is 372 g/mol. The molecular weight excluding hydrogens is 340 g/mol. The van der Waals surface area contributed by atoms with Gasteiger partial charge in [0.05, 0.1) is 0 Å². The van der Waals surface area contributed by atoms with Crippen molar-refractivity contribution in [2.45, 2.75) is 71.8 Å². The Morgan fingerprint density at radius 2 is 1.85 bits per heavy atom. The van der Waals surface area contributed by atoms with E-state index in [9.17, 15) is 14.4 Å². The van der Waals surface area contributed by atoms with Crippen molar-refractivity contribution in [1.82, 2.24) is 0 Å². The molecule has 0 saturated heterocycles. The zero-order chi connectivity index (χ0) is 19.4. The predicted molar refractivity (Wildman–Crippen MR) is 102 cm³/mol. The number of carbonyl (C=O) groups excluding carboxylic acids is 3. The summed E-state index contributed by atoms with van der Waals surface area (Å²) in [6, 6.07) is 0. The van der Waals surface area contributed by atoms with Gasteiger partial charge in [-0.05, 0) is 67.1 Å². The summed E-state index contributed by atoms with van der Waals surface area (Å²) in [7, 11) is 0. The number of carbonyl (C=O) groups is 3. The molecule has 2 unspecified atom stereocenters. The minimum atomic E-state index is -0.218. The molecule has 0 aromatic heterocycles. The Morgan fingerprint density at radius 1 is 1.07 bits per heavy atom. The first-order chi connectivity index (χ1) is 12.8. The van der Waals surface area contributed by atoms with E-state index in [1.54, 1.807) is 0 Å². The first-order valence-corrected chi connectivity index (χ1v) is 10.6. The number of hydrogen-bond donors (Lipinski definition) is 0. The summed E-state index contributed by atoms with van der Waals surface area (Å²) in [5, 5.41) is 0. The molecule has 3 fully saturated rings. The Morgan fingerprint density at radius 3 is 2.52 bits per heavy atom. The van der Waals surface area contributed by atoms with Crippen molar-refractivity contribution >= 4 is 18.5 Å². The smallest absolute Gasteiger partial charge is 0.302 e. The van der Waals surface area contributed by atoms with Crippen LogP contribution >= 0.6 is 0 Å². The van der Waals surface area contributed by atoms with Crippen LogP contribution in [0.2, 0.25) is 0 Å². The van der Waals surface area contributed by atoms with Gasteiger partial charge in [-0.2, -0.15) is 0 Å². The number of aldehydes is 2. The second-order valence-electron chi connectivity index (χ2n) is 9.95. The first kappa shape index (κ1) is 18.9. The molecule has 0 aromatic carbocycles. The Balaban J connectivity index is 1.68. The minimum Gasteiger partial charge on any atom is -0.462 e. The average Bonchev–Trinajstić information content (AvgIpc) is 2.97. The maximum Gasteiger partial charge on any atom is 0.302 e. The molecule has 3 saturated carbocycles. The summed E-state index contributed by atoms with van der Waals surface area (Å²) >= 11 is 0. The highest BCUT2D eigenvalue weighted by Gasteiger charge is 2.60. The van der Waals surface area contributed by atoms with E-state index in [2.05, 4.69) is 19.9 Å². The van der Waals surface area contributed by atoms with Crippen LogP contribution in [0, 0.1) is 40.4 Å². The molecule has 0 bridgehead atoms. The molecular formula is C23H32O4. The number of fused-ring (bicyclic) bond motifs is 5. The van der Waals surface area contributed by atoms with Gasteiger partial charge in [0.1, 0.15) is 18.7 Å². The molecule has 0 amide bonds. The summed E-state index contributed by atoms with van der Waals surface area (Å²) in [5.74, 6) is 1.17. The van der Waals surface area contributed by atoms with Crippen molar-refractivity contribution in [3.8, 4) is 0 Å². The van der Waals surface area contributed by atoms with Crippen LogP contribution in [0.15, 0.2) is 11.6 Å². The molecule has 4 nitrogen and oxygen atoms in total. The second kappa shape index (κ2) is 6.56.